The van der Waals surface area contributed by atoms with Crippen molar-refractivity contribution < 1.29 is 9.53 Å². The molecule has 1 saturated heterocycles. The minimum Gasteiger partial charge on any atom is -0.468 e. The van der Waals surface area contributed by atoms with E-state index in [1.165, 1.54) is 26.4 Å². The molecule has 0 amide bonds. The fourth-order valence-electron chi connectivity index (χ4n) is 2.51. The quantitative estimate of drug-likeness (QED) is 0.714. The minimum absolute atomic E-state index is 0.0906. The van der Waals surface area contributed by atoms with Crippen molar-refractivity contribution >= 4 is 5.97 Å². The van der Waals surface area contributed by atoms with Gasteiger partial charge in [0.2, 0.25) is 0 Å². The van der Waals surface area contributed by atoms with Crippen LogP contribution in [-0.2, 0) is 9.53 Å². The number of hydrogen-bond acceptors (Lipinski definition) is 4. The lowest BCUT2D eigenvalue weighted by Crippen LogP contribution is -2.50. The minimum atomic E-state index is -0.0970. The Balaban J connectivity index is 1.95. The summed E-state index contributed by atoms with van der Waals surface area (Å²) < 4.78 is 4.91. The fraction of sp³-hybridized carbons (Fsp3) is 0.917. The monoisotopic (exact) mass is 226 g/mol. The van der Waals surface area contributed by atoms with Gasteiger partial charge in [0, 0.05) is 12.6 Å². The molecule has 2 unspecified atom stereocenters. The van der Waals surface area contributed by atoms with Crippen LogP contribution in [0.5, 0.6) is 0 Å². The summed E-state index contributed by atoms with van der Waals surface area (Å²) >= 11 is 0. The molecule has 0 aromatic rings. The highest BCUT2D eigenvalue weighted by molar-refractivity contribution is 5.76. The molecule has 0 spiro atoms. The highest BCUT2D eigenvalue weighted by Gasteiger charge is 2.35. The first-order valence-corrected chi connectivity index (χ1v) is 6.23. The molecule has 0 aromatic heterocycles. The number of nitrogens with one attached hydrogen (secondary N) is 1. The summed E-state index contributed by atoms with van der Waals surface area (Å²) in [5.41, 5.74) is 0. The largest absolute Gasteiger partial charge is 0.468 e. The van der Waals surface area contributed by atoms with Crippen LogP contribution < -0.4 is 5.32 Å². The van der Waals surface area contributed by atoms with Crippen LogP contribution in [0.2, 0.25) is 0 Å². The first-order chi connectivity index (χ1) is 7.70. The van der Waals surface area contributed by atoms with E-state index in [-0.39, 0.29) is 12.0 Å². The molecule has 2 aliphatic rings. The van der Waals surface area contributed by atoms with E-state index >= 15 is 0 Å². The number of rotatable bonds is 4. The molecule has 1 heterocycles. The number of esters is 1. The molecule has 2 rings (SSSR count). The van der Waals surface area contributed by atoms with Crippen LogP contribution >= 0.6 is 0 Å². The first kappa shape index (κ1) is 11.9. The van der Waals surface area contributed by atoms with Gasteiger partial charge in [0.25, 0.3) is 0 Å². The number of likely N-dealkylation sites (tertiary alicyclic amines) is 1. The van der Waals surface area contributed by atoms with E-state index in [0.717, 1.165) is 19.5 Å². The molecule has 1 aliphatic heterocycles. The Morgan fingerprint density at radius 1 is 1.44 bits per heavy atom. The standard InChI is InChI=1S/C12H22N2O2/c1-14-7-3-4-9(8-14)11(12(15)16-2)13-10-5-6-10/h9-11,13H,3-8H2,1-2H3. The summed E-state index contributed by atoms with van der Waals surface area (Å²) in [4.78, 5) is 14.1. The summed E-state index contributed by atoms with van der Waals surface area (Å²) in [6.45, 7) is 2.15. The molecule has 1 aliphatic carbocycles. The summed E-state index contributed by atoms with van der Waals surface area (Å²) in [7, 11) is 3.61. The lowest BCUT2D eigenvalue weighted by atomic mass is 9.90. The number of hydrogen-bond donors (Lipinski definition) is 1. The van der Waals surface area contributed by atoms with Crippen molar-refractivity contribution in [2.75, 3.05) is 27.2 Å². The van der Waals surface area contributed by atoms with Gasteiger partial charge in [-0.15, -0.1) is 0 Å². The van der Waals surface area contributed by atoms with Crippen molar-refractivity contribution in [1.29, 1.82) is 0 Å². The Morgan fingerprint density at radius 3 is 2.75 bits per heavy atom. The molecule has 4 nitrogen and oxygen atoms in total. The molecular weight excluding hydrogens is 204 g/mol. The predicted molar refractivity (Wildman–Crippen MR) is 62.2 cm³/mol. The second kappa shape index (κ2) is 5.15. The van der Waals surface area contributed by atoms with Crippen molar-refractivity contribution in [3.63, 3.8) is 0 Å². The first-order valence-electron chi connectivity index (χ1n) is 6.23. The van der Waals surface area contributed by atoms with Gasteiger partial charge >= 0.3 is 5.97 Å². The van der Waals surface area contributed by atoms with Gasteiger partial charge < -0.3 is 15.0 Å². The Bertz CT molecular complexity index is 253. The van der Waals surface area contributed by atoms with E-state index in [2.05, 4.69) is 17.3 Å². The van der Waals surface area contributed by atoms with Crippen molar-refractivity contribution in [3.8, 4) is 0 Å². The van der Waals surface area contributed by atoms with E-state index in [0.29, 0.717) is 12.0 Å². The van der Waals surface area contributed by atoms with Crippen LogP contribution in [0.25, 0.3) is 0 Å². The van der Waals surface area contributed by atoms with Gasteiger partial charge in [-0.1, -0.05) is 0 Å². The Labute approximate surface area is 97.3 Å². The SMILES string of the molecule is COC(=O)C(NC1CC1)C1CCCN(C)C1. The van der Waals surface area contributed by atoms with Gasteiger partial charge in [0.15, 0.2) is 0 Å². The van der Waals surface area contributed by atoms with Crippen molar-refractivity contribution in [3.05, 3.63) is 0 Å². The zero-order valence-corrected chi connectivity index (χ0v) is 10.2. The van der Waals surface area contributed by atoms with Crippen LogP contribution in [0.3, 0.4) is 0 Å². The van der Waals surface area contributed by atoms with Crippen LogP contribution in [-0.4, -0.2) is 50.2 Å². The number of nitrogens with zero attached hydrogens (tertiary/aromatic N) is 1. The maximum absolute atomic E-state index is 11.8. The maximum Gasteiger partial charge on any atom is 0.323 e. The third kappa shape index (κ3) is 2.95. The number of carbonyl (C=O) groups excluding carboxylic acids is 1. The molecule has 92 valence electrons. The Hall–Kier alpha value is -0.610. The van der Waals surface area contributed by atoms with E-state index in [1.807, 2.05) is 0 Å². The Morgan fingerprint density at radius 2 is 2.19 bits per heavy atom. The molecule has 2 fully saturated rings. The van der Waals surface area contributed by atoms with Crippen molar-refractivity contribution in [2.24, 2.45) is 5.92 Å². The molecule has 1 saturated carbocycles. The van der Waals surface area contributed by atoms with Gasteiger partial charge in [0.05, 0.1) is 7.11 Å². The molecule has 0 bridgehead atoms. The van der Waals surface area contributed by atoms with E-state index < -0.39 is 0 Å². The van der Waals surface area contributed by atoms with E-state index in [9.17, 15) is 4.79 Å². The highest BCUT2D eigenvalue weighted by atomic mass is 16.5. The molecule has 2 atom stereocenters. The van der Waals surface area contributed by atoms with E-state index in [1.54, 1.807) is 0 Å². The summed E-state index contributed by atoms with van der Waals surface area (Å²) in [5.74, 6) is 0.319. The van der Waals surface area contributed by atoms with Gasteiger partial charge in [-0.3, -0.25) is 4.79 Å². The topological polar surface area (TPSA) is 41.6 Å². The molecule has 1 N–H and O–H groups in total. The summed E-state index contributed by atoms with van der Waals surface area (Å²) in [6, 6.07) is 0.455. The van der Waals surface area contributed by atoms with Gasteiger partial charge in [-0.25, -0.2) is 0 Å². The van der Waals surface area contributed by atoms with Gasteiger partial charge in [0.1, 0.15) is 6.04 Å². The van der Waals surface area contributed by atoms with Crippen molar-refractivity contribution in [2.45, 2.75) is 37.8 Å². The van der Waals surface area contributed by atoms with Gasteiger partial charge in [-0.05, 0) is 45.2 Å². The normalized spacial score (nSPS) is 28.8. The van der Waals surface area contributed by atoms with Crippen molar-refractivity contribution in [1.82, 2.24) is 10.2 Å². The second-order valence-electron chi connectivity index (χ2n) is 5.11. The second-order valence-corrected chi connectivity index (χ2v) is 5.11. The number of carbonyl (C=O) groups is 1. The lowest BCUT2D eigenvalue weighted by molar-refractivity contribution is -0.145. The predicted octanol–water partition coefficient (Wildman–Crippen LogP) is 0.622. The number of methoxy groups -OCH3 is 1. The average molecular weight is 226 g/mol. The van der Waals surface area contributed by atoms with Crippen LogP contribution in [0, 0.1) is 5.92 Å². The molecule has 16 heavy (non-hydrogen) atoms. The molecular formula is C12H22N2O2. The molecule has 0 aromatic carbocycles. The lowest BCUT2D eigenvalue weighted by Gasteiger charge is -2.34. The Kier molecular flexibility index (Phi) is 3.82. The third-order valence-electron chi connectivity index (χ3n) is 3.58. The molecule has 4 heteroatoms. The maximum atomic E-state index is 11.8. The zero-order valence-electron chi connectivity index (χ0n) is 10.2. The summed E-state index contributed by atoms with van der Waals surface area (Å²) in [6.07, 6.45) is 4.72. The highest BCUT2D eigenvalue weighted by Crippen LogP contribution is 2.25. The average Bonchev–Trinajstić information content (AvgIpc) is 3.08. The molecule has 0 radical (unpaired) electrons. The van der Waals surface area contributed by atoms with E-state index in [4.69, 9.17) is 4.74 Å². The third-order valence-corrected chi connectivity index (χ3v) is 3.58. The van der Waals surface area contributed by atoms with Crippen LogP contribution in [0.15, 0.2) is 0 Å². The van der Waals surface area contributed by atoms with Gasteiger partial charge in [-0.2, -0.15) is 0 Å². The number of ether oxygens (including phenoxy) is 1. The van der Waals surface area contributed by atoms with Crippen LogP contribution in [0.1, 0.15) is 25.7 Å². The zero-order chi connectivity index (χ0) is 11.5. The summed E-state index contributed by atoms with van der Waals surface area (Å²) in [5, 5.41) is 3.43. The fourth-order valence-corrected chi connectivity index (χ4v) is 2.51. The smallest absolute Gasteiger partial charge is 0.323 e. The number of piperidine rings is 1. The van der Waals surface area contributed by atoms with Crippen LogP contribution in [0.4, 0.5) is 0 Å².